The monoisotopic (exact) mass is 322 g/mol. The van der Waals surface area contributed by atoms with Gasteiger partial charge in [-0.1, -0.05) is 0 Å². The van der Waals surface area contributed by atoms with E-state index in [0.717, 1.165) is 6.92 Å². The van der Waals surface area contributed by atoms with Gasteiger partial charge in [-0.2, -0.15) is 13.2 Å². The Morgan fingerprint density at radius 2 is 1.42 bits per heavy atom. The minimum Gasteiger partial charge on any atom is -0.395 e. The maximum atomic E-state index is 13.3. The third kappa shape index (κ3) is 4.56. The molecule has 0 bridgehead atoms. The molecule has 0 radical (unpaired) electrons. The van der Waals surface area contributed by atoms with E-state index in [1.165, 1.54) is 13.8 Å². The fraction of sp³-hybridized carbons (Fsp3) is 1.00. The van der Waals surface area contributed by atoms with Crippen molar-refractivity contribution in [3.63, 3.8) is 0 Å². The molecule has 0 aliphatic rings. The predicted octanol–water partition coefficient (Wildman–Crippen LogP) is 4.38. The van der Waals surface area contributed by atoms with Crippen molar-refractivity contribution < 1.29 is 31.2 Å². The molecule has 0 aromatic heterocycles. The highest BCUT2D eigenvalue weighted by Crippen LogP contribution is 2.66. The van der Waals surface area contributed by atoms with E-state index in [1.807, 2.05) is 0 Å². The summed E-state index contributed by atoms with van der Waals surface area (Å²) in [6.45, 7) is 8.08. The van der Waals surface area contributed by atoms with Crippen LogP contribution >= 0.6 is 7.60 Å². The van der Waals surface area contributed by atoms with Crippen LogP contribution in [-0.2, 0) is 18.0 Å². The Hall–Kier alpha value is 0.117. The first kappa shape index (κ1) is 19.1. The minimum atomic E-state index is -4.85. The van der Waals surface area contributed by atoms with Crippen molar-refractivity contribution in [1.82, 2.24) is 0 Å². The lowest BCUT2D eigenvalue weighted by atomic mass is 10.4. The van der Waals surface area contributed by atoms with Gasteiger partial charge >= 0.3 is 13.8 Å². The van der Waals surface area contributed by atoms with Crippen molar-refractivity contribution in [3.05, 3.63) is 0 Å². The molecule has 0 aromatic carbocycles. The molecule has 4 nitrogen and oxygen atoms in total. The predicted molar refractivity (Wildman–Crippen MR) is 69.7 cm³/mol. The summed E-state index contributed by atoms with van der Waals surface area (Å²) in [4.78, 5) is 0. The molecule has 0 aromatic rings. The van der Waals surface area contributed by atoms with Crippen LogP contribution in [0.3, 0.4) is 0 Å². The van der Waals surface area contributed by atoms with Gasteiger partial charge in [0.1, 0.15) is 0 Å². The summed E-state index contributed by atoms with van der Waals surface area (Å²) >= 11 is 0. The summed E-state index contributed by atoms with van der Waals surface area (Å²) < 4.78 is 67.3. The fourth-order valence-electron chi connectivity index (χ4n) is 1.49. The zero-order valence-corrected chi connectivity index (χ0v) is 14.0. The summed E-state index contributed by atoms with van der Waals surface area (Å²) in [6, 6.07) is 0. The van der Waals surface area contributed by atoms with Gasteiger partial charge in [0.15, 0.2) is 8.32 Å². The van der Waals surface area contributed by atoms with Crippen molar-refractivity contribution in [1.29, 1.82) is 0 Å². The molecule has 1 unspecified atom stereocenters. The van der Waals surface area contributed by atoms with Crippen LogP contribution in [0, 0.1) is 0 Å². The van der Waals surface area contributed by atoms with Crippen molar-refractivity contribution in [2.45, 2.75) is 51.9 Å². The van der Waals surface area contributed by atoms with E-state index in [4.69, 9.17) is 13.5 Å². The van der Waals surface area contributed by atoms with Crippen LogP contribution in [0.15, 0.2) is 0 Å². The SMILES string of the molecule is CCOP(=O)(OCC)C(C)(O[Si](C)(C)C)C(F)(F)F. The number of hydrogen-bond acceptors (Lipinski definition) is 4. The van der Waals surface area contributed by atoms with Gasteiger partial charge in [0, 0.05) is 0 Å². The number of rotatable bonds is 7. The van der Waals surface area contributed by atoms with E-state index in [0.29, 0.717) is 0 Å². The number of alkyl halides is 3. The zero-order chi connectivity index (χ0) is 15.5. The molecule has 116 valence electrons. The van der Waals surface area contributed by atoms with Crippen LogP contribution in [-0.4, -0.2) is 33.0 Å². The lowest BCUT2D eigenvalue weighted by Crippen LogP contribution is -2.51. The van der Waals surface area contributed by atoms with Gasteiger partial charge in [0.25, 0.3) is 5.34 Å². The minimum absolute atomic E-state index is 0.155. The smallest absolute Gasteiger partial charge is 0.395 e. The molecule has 0 aliphatic carbocycles. The molecule has 19 heavy (non-hydrogen) atoms. The first-order valence-electron chi connectivity index (χ1n) is 5.99. The van der Waals surface area contributed by atoms with Crippen molar-refractivity contribution in [2.24, 2.45) is 0 Å². The Labute approximate surface area is 113 Å². The van der Waals surface area contributed by atoms with Crippen LogP contribution in [0.2, 0.25) is 19.6 Å². The topological polar surface area (TPSA) is 44.8 Å². The highest BCUT2D eigenvalue weighted by atomic mass is 31.2. The summed E-state index contributed by atoms with van der Waals surface area (Å²) in [5, 5.41) is -2.95. The van der Waals surface area contributed by atoms with Gasteiger partial charge in [-0.05, 0) is 40.4 Å². The molecule has 0 rings (SSSR count). The summed E-state index contributed by atoms with van der Waals surface area (Å²) in [5.41, 5.74) is 0. The molecule has 0 N–H and O–H groups in total. The van der Waals surface area contributed by atoms with Crippen LogP contribution in [0.25, 0.3) is 0 Å². The summed E-state index contributed by atoms with van der Waals surface area (Å²) in [5.74, 6) is 0. The van der Waals surface area contributed by atoms with E-state index in [-0.39, 0.29) is 13.2 Å². The fourth-order valence-corrected chi connectivity index (χ4v) is 5.62. The van der Waals surface area contributed by atoms with Crippen LogP contribution in [0.5, 0.6) is 0 Å². The molecule has 0 aliphatic heterocycles. The molecule has 9 heteroatoms. The van der Waals surface area contributed by atoms with Gasteiger partial charge in [-0.3, -0.25) is 4.57 Å². The Bertz CT molecular complexity index is 333. The van der Waals surface area contributed by atoms with E-state index < -0.39 is 27.4 Å². The molecule has 0 heterocycles. The second kappa shape index (κ2) is 6.26. The van der Waals surface area contributed by atoms with Gasteiger partial charge in [0.05, 0.1) is 13.2 Å². The van der Waals surface area contributed by atoms with Crippen LogP contribution in [0.1, 0.15) is 20.8 Å². The summed E-state index contributed by atoms with van der Waals surface area (Å²) in [7, 11) is -7.09. The van der Waals surface area contributed by atoms with Gasteiger partial charge in [-0.15, -0.1) is 0 Å². The molecule has 0 amide bonds. The van der Waals surface area contributed by atoms with E-state index in [2.05, 4.69) is 0 Å². The molecular formula is C10H22F3O4PSi. The van der Waals surface area contributed by atoms with Crippen molar-refractivity contribution >= 4 is 15.9 Å². The first-order valence-corrected chi connectivity index (χ1v) is 10.9. The quantitative estimate of drug-likeness (QED) is 0.515. The van der Waals surface area contributed by atoms with Crippen LogP contribution < -0.4 is 0 Å². The van der Waals surface area contributed by atoms with Crippen molar-refractivity contribution in [3.8, 4) is 0 Å². The van der Waals surface area contributed by atoms with Gasteiger partial charge in [0.2, 0.25) is 0 Å². The number of hydrogen-bond donors (Lipinski definition) is 0. The maximum absolute atomic E-state index is 13.3. The van der Waals surface area contributed by atoms with Crippen molar-refractivity contribution in [2.75, 3.05) is 13.2 Å². The molecule has 0 spiro atoms. The largest absolute Gasteiger partial charge is 0.427 e. The standard InChI is InChI=1S/C10H22F3O4PSi/c1-7-15-18(14,16-8-2)9(3,10(11,12)13)17-19(4,5)6/h7-8H2,1-6H3. The zero-order valence-electron chi connectivity index (χ0n) is 12.1. The second-order valence-electron chi connectivity index (χ2n) is 5.03. The Kier molecular flexibility index (Phi) is 6.30. The maximum Gasteiger partial charge on any atom is 0.427 e. The van der Waals surface area contributed by atoms with Gasteiger partial charge in [-0.25, -0.2) is 0 Å². The molecule has 0 saturated heterocycles. The molecule has 0 fully saturated rings. The van der Waals surface area contributed by atoms with E-state index in [9.17, 15) is 17.7 Å². The lowest BCUT2D eigenvalue weighted by molar-refractivity contribution is -0.218. The lowest BCUT2D eigenvalue weighted by Gasteiger charge is -2.40. The highest BCUT2D eigenvalue weighted by molar-refractivity contribution is 7.55. The molecular weight excluding hydrogens is 300 g/mol. The van der Waals surface area contributed by atoms with Gasteiger partial charge < -0.3 is 13.5 Å². The average molecular weight is 322 g/mol. The normalized spacial score (nSPS) is 17.3. The second-order valence-corrected chi connectivity index (χ2v) is 11.8. The first-order chi connectivity index (χ1) is 8.33. The Morgan fingerprint density at radius 1 is 1.05 bits per heavy atom. The Balaban J connectivity index is 5.75. The molecule has 1 atom stereocenters. The third-order valence-corrected chi connectivity index (χ3v) is 5.93. The van der Waals surface area contributed by atoms with Crippen LogP contribution in [0.4, 0.5) is 13.2 Å². The average Bonchev–Trinajstić information content (AvgIpc) is 2.13. The Morgan fingerprint density at radius 3 is 1.63 bits per heavy atom. The number of halogens is 3. The van der Waals surface area contributed by atoms with E-state index in [1.54, 1.807) is 19.6 Å². The molecule has 0 saturated carbocycles. The van der Waals surface area contributed by atoms with E-state index >= 15 is 0 Å². The highest BCUT2D eigenvalue weighted by Gasteiger charge is 2.67. The third-order valence-electron chi connectivity index (χ3n) is 2.15. The summed E-state index contributed by atoms with van der Waals surface area (Å²) in [6.07, 6.45) is -4.85.